The molecule has 0 atom stereocenters. The van der Waals surface area contributed by atoms with Crippen molar-refractivity contribution in [2.75, 3.05) is 12.3 Å². The van der Waals surface area contributed by atoms with Crippen molar-refractivity contribution in [1.29, 1.82) is 0 Å². The zero-order chi connectivity index (χ0) is 19.4. The van der Waals surface area contributed by atoms with Gasteiger partial charge in [0.05, 0.1) is 23.2 Å². The summed E-state index contributed by atoms with van der Waals surface area (Å²) in [5.41, 5.74) is 2.93. The van der Waals surface area contributed by atoms with E-state index in [1.54, 1.807) is 11.0 Å². The van der Waals surface area contributed by atoms with Crippen molar-refractivity contribution in [2.24, 2.45) is 0 Å². The van der Waals surface area contributed by atoms with E-state index in [4.69, 9.17) is 0 Å². The first-order valence-electron chi connectivity index (χ1n) is 8.93. The van der Waals surface area contributed by atoms with E-state index < -0.39 is 0 Å². The highest BCUT2D eigenvalue weighted by molar-refractivity contribution is 8.00. The number of aromatic nitrogens is 2. The van der Waals surface area contributed by atoms with Gasteiger partial charge in [-0.2, -0.15) is 0 Å². The molecule has 3 rings (SSSR count). The number of thioether (sulfide) groups is 1. The molecular formula is C21H23N3O2S. The smallest absolute Gasteiger partial charge is 0.258 e. The van der Waals surface area contributed by atoms with Crippen molar-refractivity contribution >= 4 is 28.6 Å². The highest BCUT2D eigenvalue weighted by Gasteiger charge is 2.15. The first-order valence-corrected chi connectivity index (χ1v) is 9.92. The molecule has 0 bridgehead atoms. The van der Waals surface area contributed by atoms with E-state index in [1.807, 2.05) is 31.2 Å². The summed E-state index contributed by atoms with van der Waals surface area (Å²) >= 11 is 1.53. The predicted octanol–water partition coefficient (Wildman–Crippen LogP) is 3.68. The van der Waals surface area contributed by atoms with Gasteiger partial charge in [-0.25, -0.2) is 4.98 Å². The molecule has 1 heterocycles. The number of H-pyrrole nitrogens is 1. The Kier molecular flexibility index (Phi) is 5.96. The highest BCUT2D eigenvalue weighted by Crippen LogP contribution is 2.21. The van der Waals surface area contributed by atoms with Gasteiger partial charge in [0.1, 0.15) is 5.82 Å². The summed E-state index contributed by atoms with van der Waals surface area (Å²) < 4.78 is 0. The topological polar surface area (TPSA) is 66.1 Å². The van der Waals surface area contributed by atoms with Crippen molar-refractivity contribution < 1.29 is 4.79 Å². The Bertz CT molecular complexity index is 1030. The summed E-state index contributed by atoms with van der Waals surface area (Å²) in [5, 5.41) is 0.556. The van der Waals surface area contributed by atoms with Gasteiger partial charge < -0.3 is 9.88 Å². The zero-order valence-electron chi connectivity index (χ0n) is 15.8. The molecule has 0 spiro atoms. The maximum Gasteiger partial charge on any atom is 0.258 e. The maximum atomic E-state index is 12.6. The average molecular weight is 382 g/mol. The van der Waals surface area contributed by atoms with Crippen LogP contribution >= 0.6 is 11.8 Å². The Morgan fingerprint density at radius 3 is 2.67 bits per heavy atom. The fourth-order valence-electron chi connectivity index (χ4n) is 2.81. The summed E-state index contributed by atoms with van der Waals surface area (Å²) in [6.45, 7) is 6.93. The van der Waals surface area contributed by atoms with E-state index in [9.17, 15) is 9.59 Å². The van der Waals surface area contributed by atoms with Crippen molar-refractivity contribution in [3.8, 4) is 0 Å². The molecule has 2 aromatic carbocycles. The molecule has 1 amide bonds. The molecule has 0 aliphatic heterocycles. The van der Waals surface area contributed by atoms with Crippen LogP contribution in [0.1, 0.15) is 23.9 Å². The lowest BCUT2D eigenvalue weighted by molar-refractivity contribution is -0.128. The lowest BCUT2D eigenvalue weighted by Gasteiger charge is -2.20. The number of nitrogens with one attached hydrogen (secondary N) is 1. The lowest BCUT2D eigenvalue weighted by Crippen LogP contribution is -2.33. The SMILES string of the molecule is CCN(Cc1nc2ccccc2c(=O)[nH]1)C(=O)CSc1ccc(C)c(C)c1. The minimum atomic E-state index is -0.177. The van der Waals surface area contributed by atoms with Crippen molar-refractivity contribution in [3.05, 3.63) is 69.8 Å². The number of rotatable bonds is 6. The molecule has 140 valence electrons. The second-order valence-corrected chi connectivity index (χ2v) is 7.52. The van der Waals surface area contributed by atoms with Gasteiger partial charge in [-0.1, -0.05) is 18.2 Å². The number of hydrogen-bond donors (Lipinski definition) is 1. The number of benzene rings is 2. The van der Waals surface area contributed by atoms with Gasteiger partial charge in [-0.3, -0.25) is 9.59 Å². The molecule has 0 radical (unpaired) electrons. The van der Waals surface area contributed by atoms with Crippen LogP contribution < -0.4 is 5.56 Å². The van der Waals surface area contributed by atoms with Gasteiger partial charge in [-0.15, -0.1) is 11.8 Å². The maximum absolute atomic E-state index is 12.6. The number of hydrogen-bond acceptors (Lipinski definition) is 4. The van der Waals surface area contributed by atoms with Crippen molar-refractivity contribution in [2.45, 2.75) is 32.2 Å². The van der Waals surface area contributed by atoms with Crippen LogP contribution in [-0.2, 0) is 11.3 Å². The molecule has 0 saturated heterocycles. The monoisotopic (exact) mass is 381 g/mol. The summed E-state index contributed by atoms with van der Waals surface area (Å²) in [5.74, 6) is 0.885. The van der Waals surface area contributed by atoms with Gasteiger partial charge in [0.2, 0.25) is 5.91 Å². The third kappa shape index (κ3) is 4.57. The van der Waals surface area contributed by atoms with Crippen molar-refractivity contribution in [1.82, 2.24) is 14.9 Å². The molecule has 0 aliphatic rings. The van der Waals surface area contributed by atoms with E-state index >= 15 is 0 Å². The Labute approximate surface area is 162 Å². The molecule has 27 heavy (non-hydrogen) atoms. The van der Waals surface area contributed by atoms with E-state index in [-0.39, 0.29) is 11.5 Å². The van der Waals surface area contributed by atoms with Crippen LogP contribution in [0.5, 0.6) is 0 Å². The number of aryl methyl sites for hydroxylation is 2. The molecule has 0 fully saturated rings. The molecule has 3 aromatic rings. The normalized spacial score (nSPS) is 10.9. The Balaban J connectivity index is 1.70. The quantitative estimate of drug-likeness (QED) is 0.662. The number of nitrogens with zero attached hydrogens (tertiary/aromatic N) is 2. The molecule has 6 heteroatoms. The average Bonchev–Trinajstić information content (AvgIpc) is 2.67. The fraction of sp³-hybridized carbons (Fsp3) is 0.286. The van der Waals surface area contributed by atoms with E-state index in [0.29, 0.717) is 35.6 Å². The van der Waals surface area contributed by atoms with Crippen LogP contribution in [-0.4, -0.2) is 33.1 Å². The van der Waals surface area contributed by atoms with Crippen LogP contribution in [0.25, 0.3) is 10.9 Å². The second-order valence-electron chi connectivity index (χ2n) is 6.47. The summed E-state index contributed by atoms with van der Waals surface area (Å²) in [4.78, 5) is 34.9. The van der Waals surface area contributed by atoms with Crippen LogP contribution in [0.2, 0.25) is 0 Å². The molecular weight excluding hydrogens is 358 g/mol. The van der Waals surface area contributed by atoms with Crippen molar-refractivity contribution in [3.63, 3.8) is 0 Å². The Morgan fingerprint density at radius 2 is 1.93 bits per heavy atom. The minimum Gasteiger partial charge on any atom is -0.335 e. The van der Waals surface area contributed by atoms with Gasteiger partial charge in [-0.05, 0) is 56.2 Å². The summed E-state index contributed by atoms with van der Waals surface area (Å²) in [6, 6.07) is 13.4. The highest BCUT2D eigenvalue weighted by atomic mass is 32.2. The third-order valence-corrected chi connectivity index (χ3v) is 5.56. The second kappa shape index (κ2) is 8.39. The Hall–Kier alpha value is -2.60. The minimum absolute atomic E-state index is 0.0246. The van der Waals surface area contributed by atoms with Gasteiger partial charge in [0.15, 0.2) is 0 Å². The molecule has 0 unspecified atom stereocenters. The van der Waals surface area contributed by atoms with Crippen LogP contribution in [0.4, 0.5) is 0 Å². The first-order chi connectivity index (χ1) is 13.0. The number of fused-ring (bicyclic) bond motifs is 1. The Morgan fingerprint density at radius 1 is 1.15 bits per heavy atom. The molecule has 0 saturated carbocycles. The van der Waals surface area contributed by atoms with Gasteiger partial charge in [0.25, 0.3) is 5.56 Å². The standard InChI is InChI=1S/C21H23N3O2S/c1-4-24(20(25)13-27-16-10-9-14(2)15(3)11-16)12-19-22-18-8-6-5-7-17(18)21(26)23-19/h5-11H,4,12-13H2,1-3H3,(H,22,23,26). The number of amides is 1. The lowest BCUT2D eigenvalue weighted by atomic mass is 10.1. The number of carbonyl (C=O) groups excluding carboxylic acids is 1. The first kappa shape index (κ1) is 19.2. The molecule has 5 nitrogen and oxygen atoms in total. The van der Waals surface area contributed by atoms with Crippen LogP contribution in [0.15, 0.2) is 52.2 Å². The fourth-order valence-corrected chi connectivity index (χ4v) is 3.70. The van der Waals surface area contributed by atoms with Crippen LogP contribution in [0.3, 0.4) is 0 Å². The number of aromatic amines is 1. The van der Waals surface area contributed by atoms with E-state index in [1.165, 1.54) is 22.9 Å². The van der Waals surface area contributed by atoms with Gasteiger partial charge >= 0.3 is 0 Å². The predicted molar refractivity (Wildman–Crippen MR) is 110 cm³/mol. The summed E-state index contributed by atoms with van der Waals surface area (Å²) in [6.07, 6.45) is 0. The van der Waals surface area contributed by atoms with Crippen LogP contribution in [0, 0.1) is 13.8 Å². The zero-order valence-corrected chi connectivity index (χ0v) is 16.6. The summed E-state index contributed by atoms with van der Waals surface area (Å²) in [7, 11) is 0. The van der Waals surface area contributed by atoms with Gasteiger partial charge in [0, 0.05) is 11.4 Å². The molecule has 1 aromatic heterocycles. The number of para-hydroxylation sites is 1. The third-order valence-electron chi connectivity index (χ3n) is 4.58. The molecule has 1 N–H and O–H groups in total. The van der Waals surface area contributed by atoms with E-state index in [2.05, 4.69) is 35.9 Å². The molecule has 0 aliphatic carbocycles. The largest absolute Gasteiger partial charge is 0.335 e. The van der Waals surface area contributed by atoms with E-state index in [0.717, 1.165) is 4.90 Å². The number of carbonyl (C=O) groups is 1.